The molecule has 2 N–H and O–H groups in total. The first-order valence-electron chi connectivity index (χ1n) is 7.19. The second-order valence-electron chi connectivity index (χ2n) is 5.14. The lowest BCUT2D eigenvalue weighted by atomic mass is 10.3. The molecule has 0 bridgehead atoms. The summed E-state index contributed by atoms with van der Waals surface area (Å²) in [6.45, 7) is 6.15. The second kappa shape index (κ2) is 8.17. The minimum atomic E-state index is 0.718. The number of rotatable bonds is 5. The summed E-state index contributed by atoms with van der Waals surface area (Å²) in [5.41, 5.74) is 5.55. The lowest BCUT2D eigenvalue weighted by Gasteiger charge is -2.23. The van der Waals surface area contributed by atoms with Crippen molar-refractivity contribution in [1.29, 1.82) is 0 Å². The van der Waals surface area contributed by atoms with Gasteiger partial charge in [-0.1, -0.05) is 11.6 Å². The van der Waals surface area contributed by atoms with Crippen LogP contribution in [0.25, 0.3) is 0 Å². The molecule has 4 nitrogen and oxygen atoms in total. The predicted octanol–water partition coefficient (Wildman–Crippen LogP) is 2.75. The molecule has 6 heteroatoms. The van der Waals surface area contributed by atoms with Crippen LogP contribution in [0.15, 0.2) is 16.7 Å². The fourth-order valence-corrected chi connectivity index (χ4v) is 3.28. The standard InChI is InChI=1S/C14H22BrClN4/c15-12-10-13(16)14(18-11-12)20-7-3-6-19(8-9-20)5-2-1-4-17/h10-11H,1-9,17H2. The molecule has 0 atom stereocenters. The minimum Gasteiger partial charge on any atom is -0.354 e. The average molecular weight is 362 g/mol. The Bertz CT molecular complexity index is 430. The molecule has 1 aromatic rings. The van der Waals surface area contributed by atoms with Gasteiger partial charge >= 0.3 is 0 Å². The molecule has 0 amide bonds. The minimum absolute atomic E-state index is 0.718. The molecule has 0 saturated carbocycles. The number of hydrogen-bond acceptors (Lipinski definition) is 4. The van der Waals surface area contributed by atoms with Crippen molar-refractivity contribution in [3.63, 3.8) is 0 Å². The highest BCUT2D eigenvalue weighted by Crippen LogP contribution is 2.26. The molecule has 2 heterocycles. The normalized spacial score (nSPS) is 17.2. The zero-order chi connectivity index (χ0) is 14.4. The van der Waals surface area contributed by atoms with Gasteiger partial charge in [-0.15, -0.1) is 0 Å². The van der Waals surface area contributed by atoms with Crippen LogP contribution in [-0.4, -0.2) is 49.2 Å². The number of nitrogens with zero attached hydrogens (tertiary/aromatic N) is 3. The van der Waals surface area contributed by atoms with Crippen LogP contribution in [0.4, 0.5) is 5.82 Å². The summed E-state index contributed by atoms with van der Waals surface area (Å²) in [6, 6.07) is 1.91. The molecule has 1 aliphatic rings. The lowest BCUT2D eigenvalue weighted by molar-refractivity contribution is 0.288. The number of pyridine rings is 1. The van der Waals surface area contributed by atoms with E-state index in [0.29, 0.717) is 0 Å². The average Bonchev–Trinajstić information content (AvgIpc) is 2.65. The molecular formula is C14H22BrClN4. The van der Waals surface area contributed by atoms with E-state index < -0.39 is 0 Å². The largest absolute Gasteiger partial charge is 0.354 e. The van der Waals surface area contributed by atoms with Gasteiger partial charge in [-0.25, -0.2) is 4.98 Å². The van der Waals surface area contributed by atoms with Crippen molar-refractivity contribution in [2.75, 3.05) is 44.2 Å². The van der Waals surface area contributed by atoms with Gasteiger partial charge in [-0.2, -0.15) is 0 Å². The van der Waals surface area contributed by atoms with E-state index in [-0.39, 0.29) is 0 Å². The SMILES string of the molecule is NCCCCN1CCCN(c2ncc(Br)cc2Cl)CC1. The van der Waals surface area contributed by atoms with Crippen molar-refractivity contribution in [3.8, 4) is 0 Å². The van der Waals surface area contributed by atoms with E-state index in [1.165, 1.54) is 6.42 Å². The predicted molar refractivity (Wildman–Crippen MR) is 88.5 cm³/mol. The van der Waals surface area contributed by atoms with E-state index in [0.717, 1.165) is 67.4 Å². The maximum absolute atomic E-state index is 6.29. The Morgan fingerprint density at radius 3 is 2.85 bits per heavy atom. The zero-order valence-electron chi connectivity index (χ0n) is 11.7. The summed E-state index contributed by atoms with van der Waals surface area (Å²) in [5, 5.41) is 0.718. The number of aromatic nitrogens is 1. The van der Waals surface area contributed by atoms with Gasteiger partial charge in [-0.05, 0) is 60.9 Å². The molecule has 1 aromatic heterocycles. The summed E-state index contributed by atoms with van der Waals surface area (Å²) < 4.78 is 0.921. The quantitative estimate of drug-likeness (QED) is 0.819. The number of hydrogen-bond donors (Lipinski definition) is 1. The molecule has 0 unspecified atom stereocenters. The topological polar surface area (TPSA) is 45.4 Å². The van der Waals surface area contributed by atoms with Crippen LogP contribution in [0.2, 0.25) is 5.02 Å². The fourth-order valence-electron chi connectivity index (χ4n) is 2.53. The third kappa shape index (κ3) is 4.58. The van der Waals surface area contributed by atoms with Crippen molar-refractivity contribution in [2.24, 2.45) is 5.73 Å². The van der Waals surface area contributed by atoms with Crippen molar-refractivity contribution < 1.29 is 0 Å². The Hall–Kier alpha value is -0.360. The summed E-state index contributed by atoms with van der Waals surface area (Å²) in [4.78, 5) is 9.26. The molecule has 0 spiro atoms. The summed E-state index contributed by atoms with van der Waals surface area (Å²) in [5.74, 6) is 0.902. The molecule has 1 fully saturated rings. The molecule has 1 saturated heterocycles. The Kier molecular flexibility index (Phi) is 6.55. The molecule has 0 aliphatic carbocycles. The first kappa shape index (κ1) is 16.0. The van der Waals surface area contributed by atoms with Gasteiger partial charge in [0.15, 0.2) is 0 Å². The van der Waals surface area contributed by atoms with Crippen LogP contribution >= 0.6 is 27.5 Å². The van der Waals surface area contributed by atoms with Gasteiger partial charge in [0.05, 0.1) is 5.02 Å². The van der Waals surface area contributed by atoms with E-state index >= 15 is 0 Å². The summed E-state index contributed by atoms with van der Waals surface area (Å²) in [6.07, 6.45) is 5.26. The maximum atomic E-state index is 6.29. The van der Waals surface area contributed by atoms with Crippen LogP contribution in [0.3, 0.4) is 0 Å². The Balaban J connectivity index is 1.92. The third-order valence-corrected chi connectivity index (χ3v) is 4.32. The molecule has 20 heavy (non-hydrogen) atoms. The second-order valence-corrected chi connectivity index (χ2v) is 6.46. The van der Waals surface area contributed by atoms with Gasteiger partial charge in [-0.3, -0.25) is 0 Å². The monoisotopic (exact) mass is 360 g/mol. The zero-order valence-corrected chi connectivity index (χ0v) is 14.0. The van der Waals surface area contributed by atoms with E-state index in [1.807, 2.05) is 12.3 Å². The third-order valence-electron chi connectivity index (χ3n) is 3.60. The van der Waals surface area contributed by atoms with Gasteiger partial charge < -0.3 is 15.5 Å². The van der Waals surface area contributed by atoms with E-state index in [1.54, 1.807) is 0 Å². The van der Waals surface area contributed by atoms with Crippen molar-refractivity contribution in [2.45, 2.75) is 19.3 Å². The Labute approximate surface area is 134 Å². The van der Waals surface area contributed by atoms with Gasteiger partial charge in [0.1, 0.15) is 5.82 Å². The highest BCUT2D eigenvalue weighted by Gasteiger charge is 2.17. The van der Waals surface area contributed by atoms with Crippen molar-refractivity contribution in [1.82, 2.24) is 9.88 Å². The van der Waals surface area contributed by atoms with Gasteiger partial charge in [0, 0.05) is 30.3 Å². The molecular weight excluding hydrogens is 340 g/mol. The molecule has 1 aliphatic heterocycles. The van der Waals surface area contributed by atoms with Crippen LogP contribution in [0.5, 0.6) is 0 Å². The Morgan fingerprint density at radius 1 is 1.25 bits per heavy atom. The van der Waals surface area contributed by atoms with E-state index in [2.05, 4.69) is 30.7 Å². The van der Waals surface area contributed by atoms with Crippen molar-refractivity contribution in [3.05, 3.63) is 21.8 Å². The number of nitrogens with two attached hydrogens (primary N) is 1. The molecule has 112 valence electrons. The summed E-state index contributed by atoms with van der Waals surface area (Å²) in [7, 11) is 0. The highest BCUT2D eigenvalue weighted by atomic mass is 79.9. The highest BCUT2D eigenvalue weighted by molar-refractivity contribution is 9.10. The van der Waals surface area contributed by atoms with Crippen LogP contribution in [0.1, 0.15) is 19.3 Å². The van der Waals surface area contributed by atoms with E-state index in [4.69, 9.17) is 17.3 Å². The lowest BCUT2D eigenvalue weighted by Crippen LogP contribution is -2.32. The fraction of sp³-hybridized carbons (Fsp3) is 0.643. The van der Waals surface area contributed by atoms with Gasteiger partial charge in [0.2, 0.25) is 0 Å². The molecule has 0 radical (unpaired) electrons. The van der Waals surface area contributed by atoms with Crippen molar-refractivity contribution >= 4 is 33.3 Å². The van der Waals surface area contributed by atoms with E-state index in [9.17, 15) is 0 Å². The van der Waals surface area contributed by atoms with Crippen LogP contribution in [0, 0.1) is 0 Å². The van der Waals surface area contributed by atoms with Gasteiger partial charge in [0.25, 0.3) is 0 Å². The smallest absolute Gasteiger partial charge is 0.147 e. The maximum Gasteiger partial charge on any atom is 0.147 e. The first-order chi connectivity index (χ1) is 9.70. The summed E-state index contributed by atoms with van der Waals surface area (Å²) >= 11 is 9.69. The van der Waals surface area contributed by atoms with Crippen LogP contribution in [-0.2, 0) is 0 Å². The van der Waals surface area contributed by atoms with Crippen LogP contribution < -0.4 is 10.6 Å². The first-order valence-corrected chi connectivity index (χ1v) is 8.36. The number of halogens is 2. The Morgan fingerprint density at radius 2 is 2.10 bits per heavy atom. The molecule has 0 aromatic carbocycles. The number of unbranched alkanes of at least 4 members (excludes halogenated alkanes) is 1. The molecule has 2 rings (SSSR count). The number of anilines is 1.